The molecule has 0 aromatic rings. The number of urea groups is 1. The van der Waals surface area contributed by atoms with Crippen molar-refractivity contribution in [1.82, 2.24) is 10.2 Å². The number of amides is 2. The van der Waals surface area contributed by atoms with Crippen molar-refractivity contribution in [3.63, 3.8) is 0 Å². The summed E-state index contributed by atoms with van der Waals surface area (Å²) < 4.78 is 5.37. The van der Waals surface area contributed by atoms with Crippen LogP contribution in [0.5, 0.6) is 0 Å². The molecule has 0 radical (unpaired) electrons. The second kappa shape index (κ2) is 8.36. The van der Waals surface area contributed by atoms with Gasteiger partial charge in [0.2, 0.25) is 0 Å². The van der Waals surface area contributed by atoms with Gasteiger partial charge in [-0.15, -0.1) is 0 Å². The van der Waals surface area contributed by atoms with Crippen LogP contribution >= 0.6 is 0 Å². The predicted octanol–water partition coefficient (Wildman–Crippen LogP) is 2.09. The molecule has 1 aliphatic carbocycles. The molecule has 2 N–H and O–H groups in total. The minimum Gasteiger partial charge on any atom is -0.481 e. The predicted molar refractivity (Wildman–Crippen MR) is 82.7 cm³/mol. The summed E-state index contributed by atoms with van der Waals surface area (Å²) in [4.78, 5) is 24.7. The topological polar surface area (TPSA) is 78.9 Å². The molecule has 1 saturated heterocycles. The molecule has 6 heteroatoms. The van der Waals surface area contributed by atoms with Gasteiger partial charge in [0.1, 0.15) is 0 Å². The maximum absolute atomic E-state index is 12.1. The van der Waals surface area contributed by atoms with Gasteiger partial charge in [-0.25, -0.2) is 4.79 Å². The van der Waals surface area contributed by atoms with Crippen molar-refractivity contribution in [1.29, 1.82) is 0 Å². The van der Waals surface area contributed by atoms with Gasteiger partial charge >= 0.3 is 12.0 Å². The van der Waals surface area contributed by atoms with Crippen LogP contribution in [0.15, 0.2) is 0 Å². The van der Waals surface area contributed by atoms with Crippen molar-refractivity contribution in [3.8, 4) is 0 Å². The number of carbonyl (C=O) groups excluding carboxylic acids is 1. The lowest BCUT2D eigenvalue weighted by Gasteiger charge is -2.31. The van der Waals surface area contributed by atoms with E-state index in [0.717, 1.165) is 19.3 Å². The van der Waals surface area contributed by atoms with Crippen LogP contribution in [-0.2, 0) is 9.53 Å². The second-order valence-corrected chi connectivity index (χ2v) is 6.50. The first kappa shape index (κ1) is 17.1. The molecule has 6 nitrogen and oxygen atoms in total. The molecule has 0 atom stereocenters. The zero-order valence-corrected chi connectivity index (χ0v) is 13.4. The fourth-order valence-electron chi connectivity index (χ4n) is 3.48. The molecule has 0 aromatic heterocycles. The molecular formula is C16H28N2O4. The van der Waals surface area contributed by atoms with E-state index in [-0.39, 0.29) is 11.9 Å². The Balaban J connectivity index is 1.59. The number of nitrogens with one attached hydrogen (secondary N) is 1. The summed E-state index contributed by atoms with van der Waals surface area (Å²) in [6.07, 6.45) is 7.16. The second-order valence-electron chi connectivity index (χ2n) is 6.50. The highest BCUT2D eigenvalue weighted by Gasteiger charge is 2.27. The molecule has 2 rings (SSSR count). The van der Waals surface area contributed by atoms with E-state index in [1.807, 2.05) is 0 Å². The Morgan fingerprint density at radius 3 is 2.32 bits per heavy atom. The van der Waals surface area contributed by atoms with Crippen LogP contribution in [0.25, 0.3) is 0 Å². The van der Waals surface area contributed by atoms with Crippen LogP contribution < -0.4 is 5.32 Å². The molecular weight excluding hydrogens is 284 g/mol. The van der Waals surface area contributed by atoms with E-state index >= 15 is 0 Å². The van der Waals surface area contributed by atoms with Gasteiger partial charge in [0.15, 0.2) is 0 Å². The molecule has 2 fully saturated rings. The first-order valence-corrected chi connectivity index (χ1v) is 8.38. The molecule has 22 heavy (non-hydrogen) atoms. The van der Waals surface area contributed by atoms with Crippen molar-refractivity contribution in [2.24, 2.45) is 11.8 Å². The number of nitrogens with zero attached hydrogens (tertiary/aromatic N) is 1. The summed E-state index contributed by atoms with van der Waals surface area (Å²) in [5.41, 5.74) is 0. The highest BCUT2D eigenvalue weighted by atomic mass is 16.5. The zero-order chi connectivity index (χ0) is 15.9. The molecule has 2 aliphatic rings. The summed E-state index contributed by atoms with van der Waals surface area (Å²) in [6.45, 7) is 1.80. The van der Waals surface area contributed by atoms with E-state index in [2.05, 4.69) is 5.32 Å². The van der Waals surface area contributed by atoms with Gasteiger partial charge in [-0.3, -0.25) is 4.79 Å². The lowest BCUT2D eigenvalue weighted by Crippen LogP contribution is -2.45. The third-order valence-electron chi connectivity index (χ3n) is 5.09. The number of carboxylic acid groups (broad SMARTS) is 1. The molecule has 1 aliphatic heterocycles. The molecule has 1 saturated carbocycles. The van der Waals surface area contributed by atoms with Gasteiger partial charge in [-0.1, -0.05) is 0 Å². The number of rotatable bonds is 5. The molecule has 1 heterocycles. The summed E-state index contributed by atoms with van der Waals surface area (Å²) in [6, 6.07) is -0.0468. The maximum atomic E-state index is 12.1. The number of hydrogen-bond donors (Lipinski definition) is 2. The van der Waals surface area contributed by atoms with Gasteiger partial charge in [0.05, 0.1) is 12.0 Å². The average Bonchev–Trinajstić information content (AvgIpc) is 2.55. The highest BCUT2D eigenvalue weighted by Crippen LogP contribution is 2.27. The Bertz CT molecular complexity index is 372. The van der Waals surface area contributed by atoms with Crippen molar-refractivity contribution in [2.75, 3.05) is 26.7 Å². The molecule has 0 spiro atoms. The summed E-state index contributed by atoms with van der Waals surface area (Å²) in [5.74, 6) is -0.351. The van der Waals surface area contributed by atoms with Crippen molar-refractivity contribution in [2.45, 2.75) is 51.0 Å². The minimum atomic E-state index is -0.744. The highest BCUT2D eigenvalue weighted by molar-refractivity contribution is 5.75. The number of carboxylic acids is 1. The number of likely N-dealkylation sites (tertiary alicyclic amines) is 1. The van der Waals surface area contributed by atoms with Crippen molar-refractivity contribution in [3.05, 3.63) is 0 Å². The number of aliphatic carboxylic acids is 1. The first-order valence-electron chi connectivity index (χ1n) is 8.38. The van der Waals surface area contributed by atoms with Crippen LogP contribution in [0.2, 0.25) is 0 Å². The Hall–Kier alpha value is -1.30. The van der Waals surface area contributed by atoms with E-state index in [9.17, 15) is 9.59 Å². The smallest absolute Gasteiger partial charge is 0.317 e. The number of methoxy groups -OCH3 is 1. The molecule has 0 aromatic carbocycles. The lowest BCUT2D eigenvalue weighted by atomic mass is 9.85. The minimum absolute atomic E-state index is 0.0468. The fraction of sp³-hybridized carbons (Fsp3) is 0.875. The number of piperidine rings is 1. The van der Waals surface area contributed by atoms with Crippen molar-refractivity contribution >= 4 is 12.0 Å². The van der Waals surface area contributed by atoms with E-state index in [4.69, 9.17) is 9.84 Å². The zero-order valence-electron chi connectivity index (χ0n) is 13.4. The van der Waals surface area contributed by atoms with Crippen LogP contribution in [0.1, 0.15) is 44.9 Å². The Morgan fingerprint density at radius 1 is 1.14 bits per heavy atom. The first-order chi connectivity index (χ1) is 10.6. The Morgan fingerprint density at radius 2 is 1.77 bits per heavy atom. The van der Waals surface area contributed by atoms with Gasteiger partial charge in [0.25, 0.3) is 0 Å². The largest absolute Gasteiger partial charge is 0.481 e. The monoisotopic (exact) mass is 312 g/mol. The standard InChI is InChI=1S/C16H28N2O4/c1-22-14-4-2-12(3-5-14)6-9-17-16(21)18-10-7-13(8-11-18)15(19)20/h12-14H,2-11H2,1H3,(H,17,21)(H,19,20). The Kier molecular flexibility index (Phi) is 6.49. The lowest BCUT2D eigenvalue weighted by molar-refractivity contribution is -0.143. The van der Waals surface area contributed by atoms with Crippen LogP contribution in [0, 0.1) is 11.8 Å². The third-order valence-corrected chi connectivity index (χ3v) is 5.09. The van der Waals surface area contributed by atoms with Gasteiger partial charge < -0.3 is 20.1 Å². The van der Waals surface area contributed by atoms with E-state index in [1.165, 1.54) is 12.8 Å². The number of ether oxygens (including phenoxy) is 1. The SMILES string of the molecule is COC1CCC(CCNC(=O)N2CCC(C(=O)O)CC2)CC1. The van der Waals surface area contributed by atoms with E-state index in [1.54, 1.807) is 12.0 Å². The summed E-state index contributed by atoms with van der Waals surface area (Å²) in [5, 5.41) is 11.9. The fourth-order valence-corrected chi connectivity index (χ4v) is 3.48. The third kappa shape index (κ3) is 4.87. The average molecular weight is 312 g/mol. The Labute approximate surface area is 132 Å². The van der Waals surface area contributed by atoms with Gasteiger partial charge in [-0.05, 0) is 50.9 Å². The quantitative estimate of drug-likeness (QED) is 0.815. The van der Waals surface area contributed by atoms with Gasteiger partial charge in [0, 0.05) is 26.7 Å². The molecule has 2 amide bonds. The van der Waals surface area contributed by atoms with Crippen LogP contribution in [-0.4, -0.2) is 54.9 Å². The molecule has 0 unspecified atom stereocenters. The summed E-state index contributed by atoms with van der Waals surface area (Å²) in [7, 11) is 1.78. The van der Waals surface area contributed by atoms with E-state index in [0.29, 0.717) is 44.5 Å². The summed E-state index contributed by atoms with van der Waals surface area (Å²) >= 11 is 0. The molecule has 0 bridgehead atoms. The molecule has 126 valence electrons. The maximum Gasteiger partial charge on any atom is 0.317 e. The van der Waals surface area contributed by atoms with Crippen LogP contribution in [0.4, 0.5) is 4.79 Å². The normalized spacial score (nSPS) is 26.7. The van der Waals surface area contributed by atoms with E-state index < -0.39 is 5.97 Å². The number of hydrogen-bond acceptors (Lipinski definition) is 3. The van der Waals surface area contributed by atoms with Crippen LogP contribution in [0.3, 0.4) is 0 Å². The number of carbonyl (C=O) groups is 2. The van der Waals surface area contributed by atoms with Gasteiger partial charge in [-0.2, -0.15) is 0 Å². The van der Waals surface area contributed by atoms with Crippen molar-refractivity contribution < 1.29 is 19.4 Å².